The van der Waals surface area contributed by atoms with Crippen molar-refractivity contribution in [3.05, 3.63) is 171 Å². The van der Waals surface area contributed by atoms with Gasteiger partial charge in [0.2, 0.25) is 40.3 Å². The lowest BCUT2D eigenvalue weighted by Crippen LogP contribution is -2.38. The summed E-state index contributed by atoms with van der Waals surface area (Å²) in [6.45, 7) is 0. The van der Waals surface area contributed by atoms with Gasteiger partial charge in [-0.25, -0.2) is 87.8 Å². The summed E-state index contributed by atoms with van der Waals surface area (Å²) in [5, 5.41) is 11.2. The SMILES string of the molecule is Oc1c(-c2c(F)c(F)c(F)c(F)c2F)cc(-[n+]2c(-c3c(F)c(F)c(F)c(F)c3F)cc(-c3ccccc3)cc2-c2c(F)c(F)c(F)c(F)c2F)cc1-c1c(F)c(F)c(F)c(F)c1F. The Hall–Kier alpha value is -7.13. The standard InChI is InChI=1S/C41H9F20NO/c42-21-17(22(43)30(51)37(58)29(21)50)13-8-12(9-14(41(13)63)18-23(44)31(52)38(59)32(53)24(18)45)62-15(19-25(46)33(54)39(60)34(55)26(19)47)6-11(10-4-2-1-3-5-10)7-16(62)20-27(48)35(56)40(61)36(57)28(20)49/h1-9H/p+1. The van der Waals surface area contributed by atoms with Crippen molar-refractivity contribution in [2.24, 2.45) is 0 Å². The number of hydrogen-bond donors (Lipinski definition) is 1. The number of phenols is 1. The topological polar surface area (TPSA) is 24.1 Å². The number of phenolic OH excluding ortho intramolecular Hbond substituents is 1. The molecule has 0 fully saturated rings. The van der Waals surface area contributed by atoms with Gasteiger partial charge in [-0.1, -0.05) is 30.3 Å². The molecule has 1 heterocycles. The van der Waals surface area contributed by atoms with E-state index in [2.05, 4.69) is 0 Å². The highest BCUT2D eigenvalue weighted by atomic mass is 19.2. The van der Waals surface area contributed by atoms with Gasteiger partial charge in [0, 0.05) is 35.4 Å². The molecule has 0 bridgehead atoms. The van der Waals surface area contributed by atoms with E-state index >= 15 is 35.1 Å². The molecule has 0 aliphatic rings. The van der Waals surface area contributed by atoms with E-state index in [-0.39, 0.29) is 22.3 Å². The minimum Gasteiger partial charge on any atom is -0.507 e. The minimum atomic E-state index is -2.93. The molecule has 7 rings (SSSR count). The molecule has 7 aromatic rings. The fraction of sp³-hybridized carbons (Fsp3) is 0. The summed E-state index contributed by atoms with van der Waals surface area (Å²) in [4.78, 5) is 0. The van der Waals surface area contributed by atoms with Crippen LogP contribution in [0.1, 0.15) is 0 Å². The molecule has 2 nitrogen and oxygen atoms in total. The van der Waals surface area contributed by atoms with E-state index in [1.54, 1.807) is 0 Å². The van der Waals surface area contributed by atoms with E-state index in [4.69, 9.17) is 0 Å². The number of aromatic nitrogens is 1. The lowest BCUT2D eigenvalue weighted by Gasteiger charge is -2.18. The predicted octanol–water partition coefficient (Wildman–Crippen LogP) is 12.8. The Labute approximate surface area is 335 Å². The van der Waals surface area contributed by atoms with E-state index in [0.29, 0.717) is 12.1 Å². The molecule has 6 aromatic carbocycles. The number of nitrogens with zero attached hydrogens (tertiary/aromatic N) is 1. The Morgan fingerprint density at radius 3 is 0.825 bits per heavy atom. The number of rotatable bonds is 6. The first-order valence-electron chi connectivity index (χ1n) is 16.6. The van der Waals surface area contributed by atoms with Crippen LogP contribution >= 0.6 is 0 Å². The molecular weight excluding hydrogens is 902 g/mol. The molecule has 0 aliphatic carbocycles. The Morgan fingerprint density at radius 1 is 0.286 bits per heavy atom. The van der Waals surface area contributed by atoms with E-state index < -0.39 is 178 Å². The van der Waals surface area contributed by atoms with Crippen LogP contribution in [-0.2, 0) is 0 Å². The molecule has 0 unspecified atom stereocenters. The Kier molecular flexibility index (Phi) is 10.9. The van der Waals surface area contributed by atoms with Gasteiger partial charge < -0.3 is 5.11 Å². The van der Waals surface area contributed by atoms with Gasteiger partial charge in [0.05, 0.1) is 11.1 Å². The summed E-state index contributed by atoms with van der Waals surface area (Å²) in [5.41, 5.74) is -19.2. The van der Waals surface area contributed by atoms with Crippen LogP contribution in [-0.4, -0.2) is 5.11 Å². The average molecular weight is 912 g/mol. The lowest BCUT2D eigenvalue weighted by atomic mass is 9.93. The van der Waals surface area contributed by atoms with Gasteiger partial charge in [-0.15, -0.1) is 0 Å². The van der Waals surface area contributed by atoms with Crippen molar-refractivity contribution in [3.63, 3.8) is 0 Å². The van der Waals surface area contributed by atoms with Crippen molar-refractivity contribution in [1.82, 2.24) is 0 Å². The number of pyridine rings is 1. The third-order valence-corrected chi connectivity index (χ3v) is 9.42. The maximum absolute atomic E-state index is 15.9. The van der Waals surface area contributed by atoms with Crippen LogP contribution in [0, 0.1) is 116 Å². The van der Waals surface area contributed by atoms with Gasteiger partial charge in [-0.3, -0.25) is 0 Å². The van der Waals surface area contributed by atoms with Crippen molar-refractivity contribution in [2.75, 3.05) is 0 Å². The fourth-order valence-corrected chi connectivity index (χ4v) is 6.51. The third-order valence-electron chi connectivity index (χ3n) is 9.42. The average Bonchev–Trinajstić information content (AvgIpc) is 3.27. The molecule has 324 valence electrons. The number of halogens is 20. The molecule has 0 amide bonds. The quantitative estimate of drug-likeness (QED) is 0.0764. The molecule has 0 atom stereocenters. The fourth-order valence-electron chi connectivity index (χ4n) is 6.51. The lowest BCUT2D eigenvalue weighted by molar-refractivity contribution is -0.572. The van der Waals surface area contributed by atoms with Crippen molar-refractivity contribution in [3.8, 4) is 67.3 Å². The van der Waals surface area contributed by atoms with Gasteiger partial charge in [0.15, 0.2) is 93.1 Å². The molecular formula is C41H10F20NO+. The molecule has 0 saturated heterocycles. The van der Waals surface area contributed by atoms with Gasteiger partial charge in [0.25, 0.3) is 0 Å². The van der Waals surface area contributed by atoms with E-state index in [1.165, 1.54) is 18.2 Å². The highest BCUT2D eigenvalue weighted by molar-refractivity contribution is 5.85. The predicted molar refractivity (Wildman–Crippen MR) is 176 cm³/mol. The molecule has 0 aliphatic heterocycles. The largest absolute Gasteiger partial charge is 0.507 e. The first kappa shape index (κ1) is 43.9. The van der Waals surface area contributed by atoms with Crippen LogP contribution in [0.2, 0.25) is 0 Å². The van der Waals surface area contributed by atoms with Crippen LogP contribution in [0.4, 0.5) is 87.8 Å². The first-order valence-corrected chi connectivity index (χ1v) is 16.6. The zero-order valence-corrected chi connectivity index (χ0v) is 29.6. The number of benzene rings is 6. The van der Waals surface area contributed by atoms with Crippen molar-refractivity contribution in [2.45, 2.75) is 0 Å². The summed E-state index contributed by atoms with van der Waals surface area (Å²) < 4.78 is 301. The van der Waals surface area contributed by atoms with Gasteiger partial charge >= 0.3 is 0 Å². The van der Waals surface area contributed by atoms with Crippen molar-refractivity contribution >= 4 is 0 Å². The zero-order valence-electron chi connectivity index (χ0n) is 29.6. The summed E-state index contributed by atoms with van der Waals surface area (Å²) in [7, 11) is 0. The smallest absolute Gasteiger partial charge is 0.225 e. The van der Waals surface area contributed by atoms with Crippen molar-refractivity contribution in [1.29, 1.82) is 0 Å². The molecule has 63 heavy (non-hydrogen) atoms. The summed E-state index contributed by atoms with van der Waals surface area (Å²) in [6.07, 6.45) is 0. The second-order valence-electron chi connectivity index (χ2n) is 12.9. The monoisotopic (exact) mass is 912 g/mol. The zero-order chi connectivity index (χ0) is 46.4. The second-order valence-corrected chi connectivity index (χ2v) is 12.9. The highest BCUT2D eigenvalue weighted by Crippen LogP contribution is 2.46. The molecule has 0 spiro atoms. The van der Waals surface area contributed by atoms with Crippen LogP contribution in [0.15, 0.2) is 54.6 Å². The van der Waals surface area contributed by atoms with Crippen LogP contribution < -0.4 is 4.57 Å². The minimum absolute atomic E-state index is 0.156. The molecule has 22 heteroatoms. The van der Waals surface area contributed by atoms with Gasteiger partial charge in [0.1, 0.15) is 16.9 Å². The van der Waals surface area contributed by atoms with E-state index in [0.717, 1.165) is 12.1 Å². The highest BCUT2D eigenvalue weighted by Gasteiger charge is 2.40. The Balaban J connectivity index is 1.83. The van der Waals surface area contributed by atoms with Crippen LogP contribution in [0.3, 0.4) is 0 Å². The molecule has 0 radical (unpaired) electrons. The summed E-state index contributed by atoms with van der Waals surface area (Å²) in [6, 6.07) is 6.24. The molecule has 1 N–H and O–H groups in total. The van der Waals surface area contributed by atoms with E-state index in [9.17, 15) is 57.8 Å². The maximum atomic E-state index is 15.9. The molecule has 1 aromatic heterocycles. The molecule has 0 saturated carbocycles. The summed E-state index contributed by atoms with van der Waals surface area (Å²) in [5.74, 6) is -59.6. The number of aromatic hydroxyl groups is 1. The first-order chi connectivity index (χ1) is 29.5. The summed E-state index contributed by atoms with van der Waals surface area (Å²) >= 11 is 0. The van der Waals surface area contributed by atoms with E-state index in [1.807, 2.05) is 0 Å². The van der Waals surface area contributed by atoms with Crippen LogP contribution in [0.5, 0.6) is 5.75 Å². The normalized spacial score (nSPS) is 11.6. The Morgan fingerprint density at radius 2 is 0.540 bits per heavy atom. The number of hydrogen-bond acceptors (Lipinski definition) is 1. The maximum Gasteiger partial charge on any atom is 0.225 e. The Bertz CT molecular complexity index is 2840. The van der Waals surface area contributed by atoms with Gasteiger partial charge in [-0.05, 0) is 11.1 Å². The second kappa shape index (κ2) is 15.6. The van der Waals surface area contributed by atoms with Crippen LogP contribution in [0.25, 0.3) is 61.6 Å². The third kappa shape index (κ3) is 6.56. The van der Waals surface area contributed by atoms with Gasteiger partial charge in [-0.2, -0.15) is 4.57 Å². The van der Waals surface area contributed by atoms with Crippen molar-refractivity contribution < 1.29 is 97.5 Å².